The van der Waals surface area contributed by atoms with Gasteiger partial charge >= 0.3 is 0 Å². The van der Waals surface area contributed by atoms with Gasteiger partial charge in [-0.1, -0.05) is 49.2 Å². The zero-order valence-electron chi connectivity index (χ0n) is 21.3. The Morgan fingerprint density at radius 2 is 1.84 bits per heavy atom. The molecule has 9 nitrogen and oxygen atoms in total. The number of hydrogen-bond acceptors (Lipinski definition) is 8. The van der Waals surface area contributed by atoms with E-state index in [1.807, 2.05) is 25.1 Å². The lowest BCUT2D eigenvalue weighted by Crippen LogP contribution is -2.31. The number of halogens is 1. The Bertz CT molecular complexity index is 1290. The number of thiazole rings is 1. The molecule has 1 amide bonds. The van der Waals surface area contributed by atoms with Gasteiger partial charge in [-0.05, 0) is 50.2 Å². The maximum Gasteiger partial charge on any atom is 0.240 e. The largest absolute Gasteiger partial charge is 0.481 e. The second kappa shape index (κ2) is 13.0. The summed E-state index contributed by atoms with van der Waals surface area (Å²) in [6.45, 7) is 0.932. The number of likely N-dealkylation sites (N-methyl/N-ethyl adjacent to an activating group) is 1. The standard InChI is InChI=1S/C25H33N5O4S2.ClH/c1-30(2)15-14-26-36(32,33)19-10-8-18(9-11-19)20(16-17-6-4-5-7-17)23(31)29-25-27-21-12-13-22(34-3)28-24(21)35-25;/h8-13,17,20,26H,4-7,14-16H2,1-3H3,(H,27,29,31);1H. The molecular weight excluding hydrogens is 534 g/mol. The van der Waals surface area contributed by atoms with E-state index in [-0.39, 0.29) is 23.2 Å². The van der Waals surface area contributed by atoms with Crippen LogP contribution in [0.15, 0.2) is 41.3 Å². The molecule has 1 aliphatic rings. The van der Waals surface area contributed by atoms with Crippen molar-refractivity contribution >= 4 is 55.2 Å². The minimum Gasteiger partial charge on any atom is -0.481 e. The molecule has 2 aromatic heterocycles. The summed E-state index contributed by atoms with van der Waals surface area (Å²) in [7, 11) is 1.72. The second-order valence-corrected chi connectivity index (χ2v) is 12.1. The summed E-state index contributed by atoms with van der Waals surface area (Å²) in [5, 5.41) is 3.46. The van der Waals surface area contributed by atoms with E-state index in [2.05, 4.69) is 20.0 Å². The minimum atomic E-state index is -3.61. The Balaban J connectivity index is 0.00000380. The van der Waals surface area contributed by atoms with Gasteiger partial charge in [0.05, 0.1) is 17.9 Å². The quantitative estimate of drug-likeness (QED) is 0.356. The number of sulfonamides is 1. The average Bonchev–Trinajstić information content (AvgIpc) is 3.51. The highest BCUT2D eigenvalue weighted by Crippen LogP contribution is 2.36. The van der Waals surface area contributed by atoms with Gasteiger partial charge in [-0.3, -0.25) is 4.79 Å². The van der Waals surface area contributed by atoms with Crippen molar-refractivity contribution in [3.63, 3.8) is 0 Å². The number of rotatable bonds is 11. The van der Waals surface area contributed by atoms with Gasteiger partial charge in [0.2, 0.25) is 21.8 Å². The van der Waals surface area contributed by atoms with E-state index < -0.39 is 15.9 Å². The van der Waals surface area contributed by atoms with Crippen LogP contribution in [0.25, 0.3) is 10.3 Å². The normalized spacial score (nSPS) is 15.0. The van der Waals surface area contributed by atoms with Gasteiger partial charge in [-0.15, -0.1) is 12.4 Å². The molecule has 1 unspecified atom stereocenters. The van der Waals surface area contributed by atoms with E-state index in [9.17, 15) is 13.2 Å². The summed E-state index contributed by atoms with van der Waals surface area (Å²) in [4.78, 5) is 25.1. The number of benzene rings is 1. The lowest BCUT2D eigenvalue weighted by atomic mass is 9.87. The van der Waals surface area contributed by atoms with Gasteiger partial charge < -0.3 is 15.0 Å². The second-order valence-electron chi connectivity index (χ2n) is 9.40. The molecule has 1 aliphatic carbocycles. The van der Waals surface area contributed by atoms with E-state index in [1.54, 1.807) is 37.4 Å². The Morgan fingerprint density at radius 3 is 2.49 bits per heavy atom. The summed E-state index contributed by atoms with van der Waals surface area (Å²) >= 11 is 1.30. The van der Waals surface area contributed by atoms with E-state index >= 15 is 0 Å². The molecule has 1 aromatic carbocycles. The molecule has 1 saturated carbocycles. The highest BCUT2D eigenvalue weighted by Gasteiger charge is 2.28. The molecule has 37 heavy (non-hydrogen) atoms. The molecule has 1 atom stereocenters. The Hall–Kier alpha value is -2.31. The summed E-state index contributed by atoms with van der Waals surface area (Å²) in [6, 6.07) is 10.2. The SMILES string of the molecule is COc1ccc2nc(NC(=O)C(CC3CCCC3)c3ccc(S(=O)(=O)NCCN(C)C)cc3)sc2n1.Cl. The molecular formula is C25H34ClN5O4S2. The van der Waals surface area contributed by atoms with Gasteiger partial charge in [0, 0.05) is 19.2 Å². The highest BCUT2D eigenvalue weighted by molar-refractivity contribution is 7.89. The molecule has 3 aromatic rings. The number of methoxy groups -OCH3 is 1. The number of pyridine rings is 1. The number of carbonyl (C=O) groups is 1. The molecule has 12 heteroatoms. The van der Waals surface area contributed by atoms with Gasteiger partial charge in [0.1, 0.15) is 10.3 Å². The summed E-state index contributed by atoms with van der Waals surface area (Å²) < 4.78 is 33.1. The maximum absolute atomic E-state index is 13.5. The smallest absolute Gasteiger partial charge is 0.240 e. The highest BCUT2D eigenvalue weighted by atomic mass is 35.5. The van der Waals surface area contributed by atoms with Crippen molar-refractivity contribution in [2.75, 3.05) is 39.6 Å². The molecule has 202 valence electrons. The minimum absolute atomic E-state index is 0. The first-order chi connectivity index (χ1) is 17.2. The Morgan fingerprint density at radius 1 is 1.14 bits per heavy atom. The van der Waals surface area contributed by atoms with Crippen LogP contribution in [0.1, 0.15) is 43.6 Å². The lowest BCUT2D eigenvalue weighted by molar-refractivity contribution is -0.118. The number of ether oxygens (including phenoxy) is 1. The van der Waals surface area contributed by atoms with Gasteiger partial charge in [0.25, 0.3) is 0 Å². The first-order valence-electron chi connectivity index (χ1n) is 12.1. The van der Waals surface area contributed by atoms with Crippen LogP contribution in [0.3, 0.4) is 0 Å². The van der Waals surface area contributed by atoms with Crippen LogP contribution in [-0.2, 0) is 14.8 Å². The fourth-order valence-electron chi connectivity index (χ4n) is 4.50. The van der Waals surface area contributed by atoms with Crippen molar-refractivity contribution in [1.29, 1.82) is 0 Å². The molecule has 0 bridgehead atoms. The monoisotopic (exact) mass is 567 g/mol. The van der Waals surface area contributed by atoms with E-state index in [0.29, 0.717) is 40.4 Å². The fraction of sp³-hybridized carbons (Fsp3) is 0.480. The first kappa shape index (κ1) is 29.2. The summed E-state index contributed by atoms with van der Waals surface area (Å²) in [5.74, 6) is 0.418. The first-order valence-corrected chi connectivity index (χ1v) is 14.4. The molecule has 1 fully saturated rings. The van der Waals surface area contributed by atoms with E-state index in [1.165, 1.54) is 24.2 Å². The fourth-order valence-corrected chi connectivity index (χ4v) is 6.35. The van der Waals surface area contributed by atoms with Crippen molar-refractivity contribution < 1.29 is 17.9 Å². The molecule has 2 heterocycles. The molecule has 0 aliphatic heterocycles. The summed E-state index contributed by atoms with van der Waals surface area (Å²) in [6.07, 6.45) is 5.30. The van der Waals surface area contributed by atoms with Crippen molar-refractivity contribution in [2.45, 2.75) is 42.9 Å². The Kier molecular flexibility index (Phi) is 10.3. The zero-order valence-corrected chi connectivity index (χ0v) is 23.7. The van der Waals surface area contributed by atoms with Crippen LogP contribution in [0.2, 0.25) is 0 Å². The number of hydrogen-bond donors (Lipinski definition) is 2. The third-order valence-electron chi connectivity index (χ3n) is 6.47. The molecule has 0 spiro atoms. The van der Waals surface area contributed by atoms with Crippen molar-refractivity contribution in [3.05, 3.63) is 42.0 Å². The van der Waals surface area contributed by atoms with Crippen molar-refractivity contribution in [1.82, 2.24) is 19.6 Å². The number of aromatic nitrogens is 2. The number of nitrogens with zero attached hydrogens (tertiary/aromatic N) is 3. The number of fused-ring (bicyclic) bond motifs is 1. The number of carbonyl (C=O) groups excluding carboxylic acids is 1. The lowest BCUT2D eigenvalue weighted by Gasteiger charge is -2.20. The van der Waals surface area contributed by atoms with E-state index in [0.717, 1.165) is 24.8 Å². The predicted molar refractivity (Wildman–Crippen MR) is 149 cm³/mol. The van der Waals surface area contributed by atoms with Gasteiger partial charge in [-0.2, -0.15) is 0 Å². The third-order valence-corrected chi connectivity index (χ3v) is 8.83. The molecule has 4 rings (SSSR count). The number of anilines is 1. The summed E-state index contributed by atoms with van der Waals surface area (Å²) in [5.41, 5.74) is 1.49. The molecule has 0 saturated heterocycles. The predicted octanol–water partition coefficient (Wildman–Crippen LogP) is 4.26. The number of amides is 1. The van der Waals surface area contributed by atoms with Crippen LogP contribution >= 0.6 is 23.7 Å². The Labute approximate surface area is 228 Å². The van der Waals surface area contributed by atoms with Crippen LogP contribution in [0.4, 0.5) is 5.13 Å². The zero-order chi connectivity index (χ0) is 25.7. The maximum atomic E-state index is 13.5. The topological polar surface area (TPSA) is 114 Å². The van der Waals surface area contributed by atoms with Gasteiger partial charge in [-0.25, -0.2) is 23.1 Å². The van der Waals surface area contributed by atoms with Crippen LogP contribution in [0.5, 0.6) is 5.88 Å². The average molecular weight is 568 g/mol. The van der Waals surface area contributed by atoms with Crippen LogP contribution in [-0.4, -0.2) is 63.5 Å². The molecule has 0 radical (unpaired) electrons. The molecule has 2 N–H and O–H groups in total. The third kappa shape index (κ3) is 7.61. The van der Waals surface area contributed by atoms with Gasteiger partial charge in [0.15, 0.2) is 5.13 Å². The van der Waals surface area contributed by atoms with Crippen molar-refractivity contribution in [3.8, 4) is 5.88 Å². The van der Waals surface area contributed by atoms with Crippen LogP contribution in [0, 0.1) is 5.92 Å². The number of nitrogens with one attached hydrogen (secondary N) is 2. The van der Waals surface area contributed by atoms with Crippen molar-refractivity contribution in [2.24, 2.45) is 5.92 Å². The van der Waals surface area contributed by atoms with E-state index in [4.69, 9.17) is 4.74 Å². The van der Waals surface area contributed by atoms with Crippen LogP contribution < -0.4 is 14.8 Å².